The number of carbonyl (C=O) groups is 1. The molecule has 3 unspecified atom stereocenters. The van der Waals surface area contributed by atoms with E-state index in [1.807, 2.05) is 6.92 Å². The highest BCUT2D eigenvalue weighted by Crippen LogP contribution is 2.19. The number of hydrogen-bond acceptors (Lipinski definition) is 5. The summed E-state index contributed by atoms with van der Waals surface area (Å²) in [5.74, 6) is 0.747. The third-order valence-corrected chi connectivity index (χ3v) is 4.23. The monoisotopic (exact) mass is 320 g/mol. The first kappa shape index (κ1) is 18.7. The van der Waals surface area contributed by atoms with Crippen molar-refractivity contribution >= 4 is 18.4 Å². The van der Waals surface area contributed by atoms with E-state index in [9.17, 15) is 4.79 Å². The molecule has 2 heterocycles. The zero-order chi connectivity index (χ0) is 14.2. The summed E-state index contributed by atoms with van der Waals surface area (Å²) in [5.41, 5.74) is 0. The first-order valence-corrected chi connectivity index (χ1v) is 7.99. The van der Waals surface area contributed by atoms with Gasteiger partial charge in [0.1, 0.15) is 6.04 Å². The molecular weight excluding hydrogens is 292 g/mol. The fourth-order valence-corrected chi connectivity index (χ4v) is 3.09. The number of carbonyl (C=O) groups excluding carboxylic acids is 1. The molecule has 2 saturated heterocycles. The molecule has 124 valence electrons. The first-order chi connectivity index (χ1) is 9.81. The summed E-state index contributed by atoms with van der Waals surface area (Å²) in [7, 11) is 0. The minimum atomic E-state index is -0.211. The van der Waals surface area contributed by atoms with Crippen molar-refractivity contribution in [1.29, 1.82) is 0 Å². The molecule has 0 aromatic carbocycles. The highest BCUT2D eigenvalue weighted by atomic mass is 35.5. The van der Waals surface area contributed by atoms with Crippen LogP contribution >= 0.6 is 12.4 Å². The van der Waals surface area contributed by atoms with E-state index in [-0.39, 0.29) is 30.3 Å². The zero-order valence-electron chi connectivity index (χ0n) is 12.9. The number of esters is 1. The van der Waals surface area contributed by atoms with E-state index in [0.717, 1.165) is 39.1 Å². The van der Waals surface area contributed by atoms with Crippen LogP contribution in [0.3, 0.4) is 0 Å². The van der Waals surface area contributed by atoms with E-state index in [2.05, 4.69) is 10.6 Å². The normalized spacial score (nSPS) is 27.5. The molecule has 2 N–H and O–H groups in total. The van der Waals surface area contributed by atoms with Crippen molar-refractivity contribution in [3.8, 4) is 0 Å². The van der Waals surface area contributed by atoms with Crippen LogP contribution in [0, 0.1) is 11.8 Å². The minimum absolute atomic E-state index is 0. The molecule has 2 aliphatic rings. The largest absolute Gasteiger partial charge is 0.465 e. The Morgan fingerprint density at radius 3 is 2.90 bits per heavy atom. The Morgan fingerprint density at radius 2 is 2.29 bits per heavy atom. The third kappa shape index (κ3) is 6.10. The molecule has 0 amide bonds. The van der Waals surface area contributed by atoms with Gasteiger partial charge in [-0.2, -0.15) is 0 Å². The van der Waals surface area contributed by atoms with E-state index >= 15 is 0 Å². The van der Waals surface area contributed by atoms with E-state index in [4.69, 9.17) is 9.47 Å². The fraction of sp³-hybridized carbons (Fsp3) is 0.933. The van der Waals surface area contributed by atoms with Crippen molar-refractivity contribution in [1.82, 2.24) is 10.6 Å². The van der Waals surface area contributed by atoms with Crippen LogP contribution in [0.15, 0.2) is 0 Å². The van der Waals surface area contributed by atoms with Crippen LogP contribution in [0.1, 0.15) is 32.6 Å². The van der Waals surface area contributed by atoms with Crippen LogP contribution < -0.4 is 10.6 Å². The number of rotatable bonds is 6. The average Bonchev–Trinajstić information content (AvgIpc) is 2.50. The molecule has 2 aliphatic heterocycles. The van der Waals surface area contributed by atoms with Crippen molar-refractivity contribution in [2.75, 3.05) is 39.5 Å². The highest BCUT2D eigenvalue weighted by molar-refractivity contribution is 5.85. The molecule has 0 radical (unpaired) electrons. The summed E-state index contributed by atoms with van der Waals surface area (Å²) in [4.78, 5) is 12.2. The van der Waals surface area contributed by atoms with Gasteiger partial charge in [0, 0.05) is 12.5 Å². The van der Waals surface area contributed by atoms with Gasteiger partial charge in [-0.05, 0) is 58.2 Å². The summed E-state index contributed by atoms with van der Waals surface area (Å²) in [6.45, 7) is 6.83. The Balaban J connectivity index is 0.00000220. The molecule has 5 nitrogen and oxygen atoms in total. The van der Waals surface area contributed by atoms with Crippen molar-refractivity contribution in [3.63, 3.8) is 0 Å². The van der Waals surface area contributed by atoms with Crippen LogP contribution in [-0.4, -0.2) is 51.5 Å². The van der Waals surface area contributed by atoms with Crippen molar-refractivity contribution < 1.29 is 14.3 Å². The molecule has 0 aromatic rings. The lowest BCUT2D eigenvalue weighted by Crippen LogP contribution is -2.49. The van der Waals surface area contributed by atoms with Crippen LogP contribution in [0.25, 0.3) is 0 Å². The van der Waals surface area contributed by atoms with Crippen LogP contribution in [0.2, 0.25) is 0 Å². The van der Waals surface area contributed by atoms with Gasteiger partial charge in [-0.3, -0.25) is 4.79 Å². The summed E-state index contributed by atoms with van der Waals surface area (Å²) in [6.07, 6.45) is 4.53. The fourth-order valence-electron chi connectivity index (χ4n) is 3.09. The molecule has 0 saturated carbocycles. The predicted octanol–water partition coefficient (Wildman–Crippen LogP) is 1.36. The van der Waals surface area contributed by atoms with Gasteiger partial charge >= 0.3 is 5.97 Å². The van der Waals surface area contributed by atoms with Gasteiger partial charge in [-0.15, -0.1) is 12.4 Å². The van der Waals surface area contributed by atoms with Gasteiger partial charge in [-0.25, -0.2) is 0 Å². The number of piperidine rings is 1. The Labute approximate surface area is 133 Å². The molecule has 21 heavy (non-hydrogen) atoms. The maximum absolute atomic E-state index is 12.2. The maximum Gasteiger partial charge on any atom is 0.323 e. The maximum atomic E-state index is 12.2. The standard InChI is InChI=1S/C15H28N2O3.ClH/c1-2-20-15(18)14(13-6-4-8-19-11-13)17-10-12-5-3-7-16-9-12;/h12-14,16-17H,2-11H2,1H3;1H. The lowest BCUT2D eigenvalue weighted by Gasteiger charge is -2.31. The Kier molecular flexibility index (Phi) is 9.24. The first-order valence-electron chi connectivity index (χ1n) is 7.99. The Bertz CT molecular complexity index is 293. The lowest BCUT2D eigenvalue weighted by molar-refractivity contribution is -0.148. The molecule has 2 fully saturated rings. The molecule has 0 aromatic heterocycles. The lowest BCUT2D eigenvalue weighted by atomic mass is 9.92. The molecular formula is C15H29ClN2O3. The number of nitrogens with one attached hydrogen (secondary N) is 2. The summed E-state index contributed by atoms with van der Waals surface area (Å²) in [6, 6.07) is -0.211. The van der Waals surface area contributed by atoms with E-state index in [1.54, 1.807) is 0 Å². The quantitative estimate of drug-likeness (QED) is 0.724. The van der Waals surface area contributed by atoms with Crippen LogP contribution in [0.5, 0.6) is 0 Å². The van der Waals surface area contributed by atoms with Gasteiger partial charge in [0.2, 0.25) is 0 Å². The van der Waals surface area contributed by atoms with E-state index in [0.29, 0.717) is 19.1 Å². The number of halogens is 1. The van der Waals surface area contributed by atoms with Gasteiger partial charge in [0.25, 0.3) is 0 Å². The third-order valence-electron chi connectivity index (χ3n) is 4.23. The SMILES string of the molecule is CCOC(=O)C(NCC1CCCNC1)C1CCCOC1.Cl. The van der Waals surface area contributed by atoms with Crippen molar-refractivity contribution in [2.24, 2.45) is 11.8 Å². The van der Waals surface area contributed by atoms with Gasteiger partial charge in [0.05, 0.1) is 13.2 Å². The van der Waals surface area contributed by atoms with Crippen LogP contribution in [0.4, 0.5) is 0 Å². The summed E-state index contributed by atoms with van der Waals surface area (Å²) < 4.78 is 10.7. The number of ether oxygens (including phenoxy) is 2. The second-order valence-corrected chi connectivity index (χ2v) is 5.83. The Morgan fingerprint density at radius 1 is 1.43 bits per heavy atom. The zero-order valence-corrected chi connectivity index (χ0v) is 13.8. The van der Waals surface area contributed by atoms with Crippen molar-refractivity contribution in [2.45, 2.75) is 38.6 Å². The Hall–Kier alpha value is -0.360. The van der Waals surface area contributed by atoms with Crippen LogP contribution in [-0.2, 0) is 14.3 Å². The van der Waals surface area contributed by atoms with E-state index < -0.39 is 0 Å². The minimum Gasteiger partial charge on any atom is -0.465 e. The predicted molar refractivity (Wildman–Crippen MR) is 84.8 cm³/mol. The molecule has 0 aliphatic carbocycles. The second kappa shape index (κ2) is 10.4. The molecule has 2 rings (SSSR count). The summed E-state index contributed by atoms with van der Waals surface area (Å²) >= 11 is 0. The van der Waals surface area contributed by atoms with Gasteiger partial charge < -0.3 is 20.1 Å². The van der Waals surface area contributed by atoms with Gasteiger partial charge in [-0.1, -0.05) is 0 Å². The average molecular weight is 321 g/mol. The molecule has 0 spiro atoms. The van der Waals surface area contributed by atoms with Gasteiger partial charge in [0.15, 0.2) is 0 Å². The topological polar surface area (TPSA) is 59.6 Å². The summed E-state index contributed by atoms with van der Waals surface area (Å²) in [5, 5.41) is 6.86. The highest BCUT2D eigenvalue weighted by Gasteiger charge is 2.31. The molecule has 3 atom stereocenters. The van der Waals surface area contributed by atoms with Crippen molar-refractivity contribution in [3.05, 3.63) is 0 Å². The second-order valence-electron chi connectivity index (χ2n) is 5.83. The smallest absolute Gasteiger partial charge is 0.323 e. The number of hydrogen-bond donors (Lipinski definition) is 2. The van der Waals surface area contributed by atoms with E-state index in [1.165, 1.54) is 12.8 Å². The molecule has 6 heteroatoms. The molecule has 0 bridgehead atoms.